The van der Waals surface area contributed by atoms with E-state index in [1.54, 1.807) is 6.92 Å². The van der Waals surface area contributed by atoms with Gasteiger partial charge in [0.25, 0.3) is 0 Å². The quantitative estimate of drug-likeness (QED) is 0.668. The number of benzene rings is 1. The molecule has 14 heavy (non-hydrogen) atoms. The first kappa shape index (κ1) is 9.12. The van der Waals surface area contributed by atoms with E-state index in [-0.39, 0.29) is 5.39 Å². The lowest BCUT2D eigenvalue weighted by Gasteiger charge is -2.08. The lowest BCUT2D eigenvalue weighted by atomic mass is 10.1. The number of hydrogen-bond donors (Lipinski definition) is 1. The van der Waals surface area contributed by atoms with E-state index in [0.717, 1.165) is 11.6 Å². The van der Waals surface area contributed by atoms with Crippen LogP contribution in [0, 0.1) is 6.92 Å². The first-order valence-corrected chi connectivity index (χ1v) is 4.14. The monoisotopic (exact) mass is 199 g/mol. The van der Waals surface area contributed by atoms with Crippen LogP contribution in [-0.2, 0) is 6.18 Å². The van der Waals surface area contributed by atoms with E-state index in [9.17, 15) is 13.2 Å². The van der Waals surface area contributed by atoms with Gasteiger partial charge in [-0.2, -0.15) is 13.2 Å². The van der Waals surface area contributed by atoms with E-state index in [2.05, 4.69) is 4.98 Å². The van der Waals surface area contributed by atoms with Crippen molar-refractivity contribution in [2.24, 2.45) is 0 Å². The van der Waals surface area contributed by atoms with Gasteiger partial charge in [-0.05, 0) is 24.6 Å². The molecule has 2 rings (SSSR count). The van der Waals surface area contributed by atoms with Gasteiger partial charge < -0.3 is 4.98 Å². The summed E-state index contributed by atoms with van der Waals surface area (Å²) in [5, 5.41) is 0.234. The molecule has 1 N–H and O–H groups in total. The molecule has 0 aliphatic carbocycles. The van der Waals surface area contributed by atoms with Crippen molar-refractivity contribution in [3.8, 4) is 0 Å². The molecule has 1 aromatic carbocycles. The van der Waals surface area contributed by atoms with Crippen LogP contribution < -0.4 is 0 Å². The summed E-state index contributed by atoms with van der Waals surface area (Å²) in [4.78, 5) is 2.80. The molecular formula is C10H8F3N. The highest BCUT2D eigenvalue weighted by atomic mass is 19.4. The highest BCUT2D eigenvalue weighted by Gasteiger charge is 2.32. The van der Waals surface area contributed by atoms with Gasteiger partial charge in [0, 0.05) is 17.1 Å². The summed E-state index contributed by atoms with van der Waals surface area (Å²) < 4.78 is 37.5. The van der Waals surface area contributed by atoms with E-state index in [4.69, 9.17) is 0 Å². The molecule has 4 heteroatoms. The Hall–Kier alpha value is -1.45. The number of hydrogen-bond acceptors (Lipinski definition) is 0. The minimum atomic E-state index is -4.28. The van der Waals surface area contributed by atoms with E-state index in [0.29, 0.717) is 5.52 Å². The molecule has 0 saturated heterocycles. The molecule has 0 aliphatic heterocycles. The Labute approximate surface area is 78.5 Å². The van der Waals surface area contributed by atoms with Crippen LogP contribution in [0.4, 0.5) is 13.2 Å². The van der Waals surface area contributed by atoms with Crippen molar-refractivity contribution in [1.29, 1.82) is 0 Å². The SMILES string of the molecule is Cc1ccc(C(F)(F)F)c2cc[nH]c12. The maximum Gasteiger partial charge on any atom is 0.417 e. The van der Waals surface area contributed by atoms with Gasteiger partial charge in [-0.1, -0.05) is 6.07 Å². The minimum absolute atomic E-state index is 0.234. The summed E-state index contributed by atoms with van der Waals surface area (Å²) in [5.41, 5.74) is 0.789. The Bertz CT molecular complexity index is 468. The molecule has 0 bridgehead atoms. The second kappa shape index (κ2) is 2.77. The molecule has 0 aliphatic rings. The summed E-state index contributed by atoms with van der Waals surface area (Å²) in [5.74, 6) is 0. The zero-order valence-corrected chi connectivity index (χ0v) is 7.44. The van der Waals surface area contributed by atoms with Gasteiger partial charge in [0.15, 0.2) is 0 Å². The zero-order chi connectivity index (χ0) is 10.3. The number of alkyl halides is 3. The molecule has 2 aromatic rings. The zero-order valence-electron chi connectivity index (χ0n) is 7.44. The molecule has 0 radical (unpaired) electrons. The van der Waals surface area contributed by atoms with Gasteiger partial charge in [0.2, 0.25) is 0 Å². The van der Waals surface area contributed by atoms with Crippen molar-refractivity contribution in [2.45, 2.75) is 13.1 Å². The van der Waals surface area contributed by atoms with E-state index >= 15 is 0 Å². The van der Waals surface area contributed by atoms with E-state index in [1.807, 2.05) is 0 Å². The van der Waals surface area contributed by atoms with Crippen LogP contribution in [0.2, 0.25) is 0 Å². The number of H-pyrrole nitrogens is 1. The standard InChI is InChI=1S/C10H8F3N/c1-6-2-3-8(10(11,12)13)7-4-5-14-9(6)7/h2-5,14H,1H3. The number of fused-ring (bicyclic) bond motifs is 1. The smallest absolute Gasteiger partial charge is 0.361 e. The number of nitrogens with one attached hydrogen (secondary N) is 1. The topological polar surface area (TPSA) is 15.8 Å². The average molecular weight is 199 g/mol. The molecule has 1 nitrogen and oxygen atoms in total. The van der Waals surface area contributed by atoms with Crippen molar-refractivity contribution in [3.05, 3.63) is 35.5 Å². The molecule has 74 valence electrons. The number of aryl methyl sites for hydroxylation is 1. The Morgan fingerprint density at radius 1 is 1.14 bits per heavy atom. The van der Waals surface area contributed by atoms with E-state index in [1.165, 1.54) is 18.3 Å². The molecule has 0 unspecified atom stereocenters. The van der Waals surface area contributed by atoms with Gasteiger partial charge in [0.05, 0.1) is 5.56 Å². The third kappa shape index (κ3) is 1.27. The lowest BCUT2D eigenvalue weighted by Crippen LogP contribution is -2.05. The fraction of sp³-hybridized carbons (Fsp3) is 0.200. The highest BCUT2D eigenvalue weighted by molar-refractivity contribution is 5.86. The molecule has 0 amide bonds. The lowest BCUT2D eigenvalue weighted by molar-refractivity contribution is -0.136. The largest absolute Gasteiger partial charge is 0.417 e. The molecule has 1 heterocycles. The number of aromatic nitrogens is 1. The molecule has 0 atom stereocenters. The van der Waals surface area contributed by atoms with Crippen molar-refractivity contribution in [3.63, 3.8) is 0 Å². The predicted octanol–water partition coefficient (Wildman–Crippen LogP) is 3.50. The maximum atomic E-state index is 12.5. The van der Waals surface area contributed by atoms with Crippen LogP contribution in [-0.4, -0.2) is 4.98 Å². The summed E-state index contributed by atoms with van der Waals surface area (Å²) in [6.45, 7) is 1.78. The Morgan fingerprint density at radius 2 is 1.86 bits per heavy atom. The van der Waals surface area contributed by atoms with Gasteiger partial charge >= 0.3 is 6.18 Å². The van der Waals surface area contributed by atoms with Crippen LogP contribution in [0.15, 0.2) is 24.4 Å². The average Bonchev–Trinajstić information content (AvgIpc) is 2.50. The number of rotatable bonds is 0. The summed E-state index contributed by atoms with van der Waals surface area (Å²) >= 11 is 0. The summed E-state index contributed by atoms with van der Waals surface area (Å²) in [6.07, 6.45) is -2.76. The Balaban J connectivity index is 2.80. The maximum absolute atomic E-state index is 12.5. The highest BCUT2D eigenvalue weighted by Crippen LogP contribution is 2.35. The Morgan fingerprint density at radius 3 is 2.50 bits per heavy atom. The summed E-state index contributed by atoms with van der Waals surface area (Å²) in [7, 11) is 0. The third-order valence-electron chi connectivity index (χ3n) is 2.24. The number of aromatic amines is 1. The minimum Gasteiger partial charge on any atom is -0.361 e. The van der Waals surface area contributed by atoms with Crippen LogP contribution in [0.25, 0.3) is 10.9 Å². The van der Waals surface area contributed by atoms with Gasteiger partial charge in [-0.25, -0.2) is 0 Å². The second-order valence-electron chi connectivity index (χ2n) is 3.19. The number of halogens is 3. The first-order chi connectivity index (χ1) is 6.50. The molecule has 0 spiro atoms. The van der Waals surface area contributed by atoms with Gasteiger partial charge in [-0.15, -0.1) is 0 Å². The van der Waals surface area contributed by atoms with Gasteiger partial charge in [0.1, 0.15) is 0 Å². The molecular weight excluding hydrogens is 191 g/mol. The first-order valence-electron chi connectivity index (χ1n) is 4.14. The molecule has 0 fully saturated rings. The van der Waals surface area contributed by atoms with Gasteiger partial charge in [-0.3, -0.25) is 0 Å². The van der Waals surface area contributed by atoms with E-state index < -0.39 is 11.7 Å². The Kier molecular flexibility index (Phi) is 1.80. The second-order valence-corrected chi connectivity index (χ2v) is 3.19. The van der Waals surface area contributed by atoms with Crippen molar-refractivity contribution < 1.29 is 13.2 Å². The fourth-order valence-corrected chi connectivity index (χ4v) is 1.55. The fourth-order valence-electron chi connectivity index (χ4n) is 1.55. The van der Waals surface area contributed by atoms with Crippen LogP contribution in [0.5, 0.6) is 0 Å². The normalized spacial score (nSPS) is 12.3. The molecule has 1 aromatic heterocycles. The third-order valence-corrected chi connectivity index (χ3v) is 2.24. The summed E-state index contributed by atoms with van der Waals surface area (Å²) in [6, 6.07) is 4.04. The van der Waals surface area contributed by atoms with Crippen LogP contribution in [0.1, 0.15) is 11.1 Å². The predicted molar refractivity (Wildman–Crippen MR) is 48.0 cm³/mol. The van der Waals surface area contributed by atoms with Crippen molar-refractivity contribution in [1.82, 2.24) is 4.98 Å². The van der Waals surface area contributed by atoms with Crippen LogP contribution >= 0.6 is 0 Å². The van der Waals surface area contributed by atoms with Crippen LogP contribution in [0.3, 0.4) is 0 Å². The molecule has 0 saturated carbocycles. The van der Waals surface area contributed by atoms with Crippen molar-refractivity contribution in [2.75, 3.05) is 0 Å². The van der Waals surface area contributed by atoms with Crippen molar-refractivity contribution >= 4 is 10.9 Å².